The lowest BCUT2D eigenvalue weighted by Crippen LogP contribution is -2.30. The molecule has 0 aliphatic rings. The zero-order valence-electron chi connectivity index (χ0n) is 12.7. The topological polar surface area (TPSA) is 81.4 Å². The molecule has 2 aromatic carbocycles. The maximum Gasteiger partial charge on any atom is 0.339 e. The van der Waals surface area contributed by atoms with E-state index >= 15 is 0 Å². The van der Waals surface area contributed by atoms with Gasteiger partial charge in [-0.3, -0.25) is 4.79 Å². The Kier molecular flexibility index (Phi) is 4.79. The number of nitrogens with one attached hydrogen (secondary N) is 1. The van der Waals surface area contributed by atoms with Crippen molar-refractivity contribution < 1.29 is 18.7 Å². The number of carbonyl (C=O) groups excluding carboxylic acids is 2. The Morgan fingerprint density at radius 1 is 1.21 bits per heavy atom. The van der Waals surface area contributed by atoms with E-state index in [4.69, 9.17) is 9.15 Å². The molecule has 3 rings (SSSR count). The van der Waals surface area contributed by atoms with Crippen molar-refractivity contribution in [3.8, 4) is 0 Å². The molecule has 7 heteroatoms. The molecule has 0 radical (unpaired) electrons. The number of aromatic nitrogens is 1. The average molecular weight is 436 g/mol. The molecule has 1 aromatic heterocycles. The predicted molar refractivity (Wildman–Crippen MR) is 96.7 cm³/mol. The first-order chi connectivity index (χ1) is 11.5. The molecule has 0 fully saturated rings. The molecule has 1 unspecified atom stereocenters. The Morgan fingerprint density at radius 2 is 1.96 bits per heavy atom. The van der Waals surface area contributed by atoms with Crippen LogP contribution in [-0.2, 0) is 9.53 Å². The van der Waals surface area contributed by atoms with E-state index in [1.807, 2.05) is 12.1 Å². The van der Waals surface area contributed by atoms with Crippen LogP contribution in [0.15, 0.2) is 53.3 Å². The normalized spacial score (nSPS) is 11.9. The van der Waals surface area contributed by atoms with Gasteiger partial charge in [-0.15, -0.1) is 0 Å². The number of hydrogen-bond donors (Lipinski definition) is 1. The zero-order valence-corrected chi connectivity index (χ0v) is 14.8. The Bertz CT molecular complexity index is 889. The summed E-state index contributed by atoms with van der Waals surface area (Å²) in [5, 5.41) is 2.70. The van der Waals surface area contributed by atoms with Crippen molar-refractivity contribution in [1.29, 1.82) is 0 Å². The van der Waals surface area contributed by atoms with Crippen LogP contribution < -0.4 is 5.32 Å². The van der Waals surface area contributed by atoms with Gasteiger partial charge in [0.15, 0.2) is 18.1 Å². The number of amides is 1. The SMILES string of the molecule is CC(OC(=O)c1ccc2ncoc2c1)C(=O)Nc1ccc(I)cc1. The van der Waals surface area contributed by atoms with Gasteiger partial charge >= 0.3 is 5.97 Å². The van der Waals surface area contributed by atoms with E-state index in [1.54, 1.807) is 24.3 Å². The molecule has 1 amide bonds. The van der Waals surface area contributed by atoms with Gasteiger partial charge in [-0.2, -0.15) is 0 Å². The maximum atomic E-state index is 12.2. The van der Waals surface area contributed by atoms with Crippen molar-refractivity contribution in [2.24, 2.45) is 0 Å². The fourth-order valence-electron chi connectivity index (χ4n) is 2.04. The molecule has 0 saturated heterocycles. The number of anilines is 1. The first-order valence-corrected chi connectivity index (χ1v) is 8.21. The van der Waals surface area contributed by atoms with Crippen molar-refractivity contribution in [3.63, 3.8) is 0 Å². The third kappa shape index (κ3) is 3.73. The second-order valence-corrected chi connectivity index (χ2v) is 6.32. The molecular weight excluding hydrogens is 423 g/mol. The van der Waals surface area contributed by atoms with Crippen LogP contribution >= 0.6 is 22.6 Å². The fraction of sp³-hybridized carbons (Fsp3) is 0.118. The zero-order chi connectivity index (χ0) is 17.1. The van der Waals surface area contributed by atoms with E-state index in [9.17, 15) is 9.59 Å². The summed E-state index contributed by atoms with van der Waals surface area (Å²) in [6, 6.07) is 12.1. The number of halogens is 1. The van der Waals surface area contributed by atoms with Crippen LogP contribution in [-0.4, -0.2) is 23.0 Å². The highest BCUT2D eigenvalue weighted by atomic mass is 127. The van der Waals surface area contributed by atoms with E-state index in [2.05, 4.69) is 32.9 Å². The third-order valence-electron chi connectivity index (χ3n) is 3.33. The van der Waals surface area contributed by atoms with Crippen molar-refractivity contribution in [2.75, 3.05) is 5.32 Å². The predicted octanol–water partition coefficient (Wildman–Crippen LogP) is 3.62. The molecule has 0 aliphatic carbocycles. The summed E-state index contributed by atoms with van der Waals surface area (Å²) >= 11 is 2.18. The lowest BCUT2D eigenvalue weighted by molar-refractivity contribution is -0.123. The van der Waals surface area contributed by atoms with Gasteiger partial charge in [-0.25, -0.2) is 9.78 Å². The minimum atomic E-state index is -0.929. The van der Waals surface area contributed by atoms with Crippen LogP contribution in [0.1, 0.15) is 17.3 Å². The number of esters is 1. The lowest BCUT2D eigenvalue weighted by Gasteiger charge is -2.13. The molecule has 1 atom stereocenters. The van der Waals surface area contributed by atoms with E-state index in [-0.39, 0.29) is 0 Å². The second kappa shape index (κ2) is 7.00. The van der Waals surface area contributed by atoms with E-state index in [0.717, 1.165) is 3.57 Å². The molecule has 0 aliphatic heterocycles. The molecular formula is C17H13IN2O4. The highest BCUT2D eigenvalue weighted by molar-refractivity contribution is 14.1. The van der Waals surface area contributed by atoms with Gasteiger partial charge < -0.3 is 14.5 Å². The van der Waals surface area contributed by atoms with Gasteiger partial charge in [0.05, 0.1) is 5.56 Å². The van der Waals surface area contributed by atoms with Gasteiger partial charge in [-0.05, 0) is 72.0 Å². The van der Waals surface area contributed by atoms with Crippen molar-refractivity contribution in [3.05, 3.63) is 58.0 Å². The van der Waals surface area contributed by atoms with E-state index in [0.29, 0.717) is 22.4 Å². The minimum absolute atomic E-state index is 0.299. The maximum absolute atomic E-state index is 12.2. The number of fused-ring (bicyclic) bond motifs is 1. The van der Waals surface area contributed by atoms with Crippen LogP contribution in [0.3, 0.4) is 0 Å². The smallest absolute Gasteiger partial charge is 0.339 e. The van der Waals surface area contributed by atoms with Crippen LogP contribution in [0, 0.1) is 3.57 Å². The Labute approximate surface area is 151 Å². The Morgan fingerprint density at radius 3 is 2.71 bits per heavy atom. The molecule has 0 bridgehead atoms. The van der Waals surface area contributed by atoms with Crippen molar-refractivity contribution >= 4 is 51.3 Å². The van der Waals surface area contributed by atoms with Gasteiger partial charge in [-0.1, -0.05) is 0 Å². The Hall–Kier alpha value is -2.42. The summed E-state index contributed by atoms with van der Waals surface area (Å²) in [6.45, 7) is 1.52. The number of rotatable bonds is 4. The number of carbonyl (C=O) groups is 2. The number of benzene rings is 2. The van der Waals surface area contributed by atoms with Gasteiger partial charge in [0.2, 0.25) is 0 Å². The molecule has 0 spiro atoms. The highest BCUT2D eigenvalue weighted by Crippen LogP contribution is 2.16. The van der Waals surface area contributed by atoms with Gasteiger partial charge in [0, 0.05) is 9.26 Å². The summed E-state index contributed by atoms with van der Waals surface area (Å²) in [7, 11) is 0. The summed E-state index contributed by atoms with van der Waals surface area (Å²) in [5.74, 6) is -0.996. The third-order valence-corrected chi connectivity index (χ3v) is 4.05. The van der Waals surface area contributed by atoms with Gasteiger partial charge in [0.1, 0.15) is 5.52 Å². The quantitative estimate of drug-likeness (QED) is 0.499. The first-order valence-electron chi connectivity index (χ1n) is 7.13. The summed E-state index contributed by atoms with van der Waals surface area (Å²) in [5.41, 5.74) is 2.08. The van der Waals surface area contributed by atoms with Crippen LogP contribution in [0.2, 0.25) is 0 Å². The molecule has 0 saturated carbocycles. The fourth-order valence-corrected chi connectivity index (χ4v) is 2.40. The largest absolute Gasteiger partial charge is 0.449 e. The number of nitrogens with zero attached hydrogens (tertiary/aromatic N) is 1. The molecule has 6 nitrogen and oxygen atoms in total. The molecule has 1 N–H and O–H groups in total. The molecule has 122 valence electrons. The average Bonchev–Trinajstić information content (AvgIpc) is 3.04. The molecule has 1 heterocycles. The highest BCUT2D eigenvalue weighted by Gasteiger charge is 2.19. The standard InChI is InChI=1S/C17H13IN2O4/c1-10(16(21)20-13-5-3-12(18)4-6-13)24-17(22)11-2-7-14-15(8-11)23-9-19-14/h2-10H,1H3,(H,20,21). The summed E-state index contributed by atoms with van der Waals surface area (Å²) in [6.07, 6.45) is 0.374. The summed E-state index contributed by atoms with van der Waals surface area (Å²) < 4.78 is 11.4. The van der Waals surface area contributed by atoms with Crippen molar-refractivity contribution in [1.82, 2.24) is 4.98 Å². The van der Waals surface area contributed by atoms with Gasteiger partial charge in [0.25, 0.3) is 5.91 Å². The minimum Gasteiger partial charge on any atom is -0.449 e. The number of hydrogen-bond acceptors (Lipinski definition) is 5. The summed E-state index contributed by atoms with van der Waals surface area (Å²) in [4.78, 5) is 28.3. The van der Waals surface area contributed by atoms with Crippen LogP contribution in [0.25, 0.3) is 11.1 Å². The molecule has 3 aromatic rings. The molecule has 24 heavy (non-hydrogen) atoms. The lowest BCUT2D eigenvalue weighted by atomic mass is 10.2. The first kappa shape index (κ1) is 16.4. The van der Waals surface area contributed by atoms with Crippen LogP contribution in [0.5, 0.6) is 0 Å². The second-order valence-electron chi connectivity index (χ2n) is 5.08. The van der Waals surface area contributed by atoms with E-state index < -0.39 is 18.0 Å². The number of oxazole rings is 1. The number of ether oxygens (including phenoxy) is 1. The Balaban J connectivity index is 1.64. The van der Waals surface area contributed by atoms with E-state index in [1.165, 1.54) is 19.4 Å². The van der Waals surface area contributed by atoms with Crippen LogP contribution in [0.4, 0.5) is 5.69 Å². The monoisotopic (exact) mass is 436 g/mol. The van der Waals surface area contributed by atoms with Crippen molar-refractivity contribution in [2.45, 2.75) is 13.0 Å².